The zero-order valence-corrected chi connectivity index (χ0v) is 17.7. The molecule has 1 N–H and O–H groups in total. The SMILES string of the molecule is CCCSc1nc2cc(OC)c(OC)cc2c(=N)n1Cc1cccc(C(F)(F)F)c1. The van der Waals surface area contributed by atoms with Gasteiger partial charge >= 0.3 is 6.18 Å². The average molecular weight is 437 g/mol. The van der Waals surface area contributed by atoms with E-state index in [-0.39, 0.29) is 12.0 Å². The van der Waals surface area contributed by atoms with Gasteiger partial charge in [0.15, 0.2) is 16.7 Å². The van der Waals surface area contributed by atoms with E-state index >= 15 is 0 Å². The monoisotopic (exact) mass is 437 g/mol. The van der Waals surface area contributed by atoms with Crippen molar-refractivity contribution in [2.24, 2.45) is 0 Å². The molecular formula is C21H22F3N3O2S. The lowest BCUT2D eigenvalue weighted by molar-refractivity contribution is -0.137. The molecule has 0 atom stereocenters. The Hall–Kier alpha value is -2.68. The van der Waals surface area contributed by atoms with Gasteiger partial charge in [0, 0.05) is 17.2 Å². The highest BCUT2D eigenvalue weighted by atomic mass is 32.2. The molecule has 9 heteroatoms. The smallest absolute Gasteiger partial charge is 0.416 e. The van der Waals surface area contributed by atoms with Gasteiger partial charge in [0.25, 0.3) is 0 Å². The third-order valence-corrected chi connectivity index (χ3v) is 5.69. The molecule has 5 nitrogen and oxygen atoms in total. The van der Waals surface area contributed by atoms with Crippen LogP contribution >= 0.6 is 11.8 Å². The van der Waals surface area contributed by atoms with Gasteiger partial charge < -0.3 is 14.0 Å². The number of hydrogen-bond acceptors (Lipinski definition) is 5. The maximum atomic E-state index is 13.1. The first kappa shape index (κ1) is 22.0. The summed E-state index contributed by atoms with van der Waals surface area (Å²) in [4.78, 5) is 4.67. The van der Waals surface area contributed by atoms with Crippen molar-refractivity contribution in [2.75, 3.05) is 20.0 Å². The number of hydrogen-bond donors (Lipinski definition) is 1. The van der Waals surface area contributed by atoms with E-state index in [1.807, 2.05) is 6.92 Å². The number of thioether (sulfide) groups is 1. The zero-order chi connectivity index (χ0) is 21.9. The highest BCUT2D eigenvalue weighted by molar-refractivity contribution is 7.99. The van der Waals surface area contributed by atoms with E-state index < -0.39 is 11.7 Å². The Kier molecular flexibility index (Phi) is 6.60. The predicted molar refractivity (Wildman–Crippen MR) is 110 cm³/mol. The lowest BCUT2D eigenvalue weighted by Gasteiger charge is -2.17. The summed E-state index contributed by atoms with van der Waals surface area (Å²) in [5.41, 5.74) is 0.451. The highest BCUT2D eigenvalue weighted by Crippen LogP contribution is 2.32. The number of rotatable bonds is 7. The van der Waals surface area contributed by atoms with E-state index in [4.69, 9.17) is 14.9 Å². The van der Waals surface area contributed by atoms with Crippen LogP contribution in [0.3, 0.4) is 0 Å². The summed E-state index contributed by atoms with van der Waals surface area (Å²) in [6.07, 6.45) is -3.52. The molecule has 0 saturated heterocycles. The van der Waals surface area contributed by atoms with E-state index in [0.717, 1.165) is 24.3 Å². The highest BCUT2D eigenvalue weighted by Gasteiger charge is 2.30. The van der Waals surface area contributed by atoms with Crippen LogP contribution in [0.4, 0.5) is 13.2 Å². The van der Waals surface area contributed by atoms with Gasteiger partial charge in [-0.05, 0) is 30.2 Å². The van der Waals surface area contributed by atoms with E-state index in [0.29, 0.717) is 33.1 Å². The van der Waals surface area contributed by atoms with Gasteiger partial charge in [-0.15, -0.1) is 0 Å². The molecule has 1 heterocycles. The lowest BCUT2D eigenvalue weighted by Crippen LogP contribution is -2.24. The number of halogens is 3. The third-order valence-electron chi connectivity index (χ3n) is 4.50. The quantitative estimate of drug-likeness (QED) is 0.413. The van der Waals surface area contributed by atoms with Gasteiger partial charge in [-0.2, -0.15) is 13.2 Å². The second-order valence-electron chi connectivity index (χ2n) is 6.60. The van der Waals surface area contributed by atoms with Crippen LogP contribution < -0.4 is 15.0 Å². The minimum atomic E-state index is -4.42. The molecule has 0 amide bonds. The molecule has 0 saturated carbocycles. The molecule has 0 spiro atoms. The fourth-order valence-corrected chi connectivity index (χ4v) is 3.89. The van der Waals surface area contributed by atoms with Crippen LogP contribution in [0.15, 0.2) is 41.6 Å². The fourth-order valence-electron chi connectivity index (χ4n) is 3.03. The van der Waals surface area contributed by atoms with Crippen molar-refractivity contribution in [3.63, 3.8) is 0 Å². The van der Waals surface area contributed by atoms with Gasteiger partial charge in [0.05, 0.1) is 31.8 Å². The molecule has 3 aromatic rings. The van der Waals surface area contributed by atoms with E-state index in [1.54, 1.807) is 22.8 Å². The Morgan fingerprint density at radius 3 is 2.43 bits per heavy atom. The summed E-state index contributed by atoms with van der Waals surface area (Å²) < 4.78 is 51.6. The standard InChI is InChI=1S/C21H22F3N3O2S/c1-4-8-30-20-26-16-11-18(29-3)17(28-2)10-15(16)19(25)27(20)12-13-6-5-7-14(9-13)21(22,23)24/h5-7,9-11,25H,4,8,12H2,1-3H3. The number of nitrogens with one attached hydrogen (secondary N) is 1. The number of methoxy groups -OCH3 is 2. The predicted octanol–water partition coefficient (Wildman–Crippen LogP) is 5.10. The topological polar surface area (TPSA) is 60.1 Å². The van der Waals surface area contributed by atoms with Crippen LogP contribution in [-0.4, -0.2) is 29.5 Å². The molecule has 0 aliphatic carbocycles. The van der Waals surface area contributed by atoms with Crippen LogP contribution in [0.1, 0.15) is 24.5 Å². The van der Waals surface area contributed by atoms with Gasteiger partial charge in [0.1, 0.15) is 5.49 Å². The summed E-state index contributed by atoms with van der Waals surface area (Å²) >= 11 is 1.47. The second-order valence-corrected chi connectivity index (χ2v) is 7.66. The molecular weight excluding hydrogens is 415 g/mol. The van der Waals surface area contributed by atoms with Crippen molar-refractivity contribution >= 4 is 22.7 Å². The fraction of sp³-hybridized carbons (Fsp3) is 0.333. The molecule has 3 rings (SSSR count). The van der Waals surface area contributed by atoms with Crippen molar-refractivity contribution in [1.29, 1.82) is 5.41 Å². The summed E-state index contributed by atoms with van der Waals surface area (Å²) in [6.45, 7) is 2.13. The molecule has 1 aromatic heterocycles. The van der Waals surface area contributed by atoms with Crippen LogP contribution in [0.2, 0.25) is 0 Å². The number of alkyl halides is 3. The number of benzene rings is 2. The molecule has 0 bridgehead atoms. The molecule has 2 aromatic carbocycles. The number of ether oxygens (including phenoxy) is 2. The second kappa shape index (κ2) is 8.99. The van der Waals surface area contributed by atoms with Crippen LogP contribution in [0, 0.1) is 5.41 Å². The normalized spacial score (nSPS) is 11.7. The van der Waals surface area contributed by atoms with Crippen molar-refractivity contribution in [2.45, 2.75) is 31.2 Å². The first-order chi connectivity index (χ1) is 14.3. The number of fused-ring (bicyclic) bond motifs is 1. The lowest BCUT2D eigenvalue weighted by atomic mass is 10.1. The minimum absolute atomic E-state index is 0.103. The Balaban J connectivity index is 2.16. The Bertz CT molecular complexity index is 1110. The molecule has 0 radical (unpaired) electrons. The van der Waals surface area contributed by atoms with Crippen LogP contribution in [0.25, 0.3) is 10.9 Å². The molecule has 30 heavy (non-hydrogen) atoms. The van der Waals surface area contributed by atoms with Crippen molar-refractivity contribution in [1.82, 2.24) is 9.55 Å². The van der Waals surface area contributed by atoms with Gasteiger partial charge in [0.2, 0.25) is 0 Å². The summed E-state index contributed by atoms with van der Waals surface area (Å²) in [7, 11) is 3.03. The first-order valence-electron chi connectivity index (χ1n) is 9.28. The average Bonchev–Trinajstić information content (AvgIpc) is 2.73. The van der Waals surface area contributed by atoms with E-state index in [1.165, 1.54) is 32.0 Å². The van der Waals surface area contributed by atoms with E-state index in [2.05, 4.69) is 4.98 Å². The Morgan fingerprint density at radius 2 is 1.80 bits per heavy atom. The Labute approximate surface area is 176 Å². The van der Waals surface area contributed by atoms with Gasteiger partial charge in [-0.25, -0.2) is 4.98 Å². The summed E-state index contributed by atoms with van der Waals surface area (Å²) in [5.74, 6) is 1.73. The maximum absolute atomic E-state index is 13.1. The summed E-state index contributed by atoms with van der Waals surface area (Å²) in [5, 5.41) is 9.83. The van der Waals surface area contributed by atoms with Gasteiger partial charge in [-0.3, -0.25) is 5.41 Å². The molecule has 0 unspecified atom stereocenters. The molecule has 160 valence electrons. The Morgan fingerprint density at radius 1 is 1.10 bits per heavy atom. The first-order valence-corrected chi connectivity index (χ1v) is 10.3. The minimum Gasteiger partial charge on any atom is -0.493 e. The zero-order valence-electron chi connectivity index (χ0n) is 16.8. The third kappa shape index (κ3) is 4.56. The largest absolute Gasteiger partial charge is 0.493 e. The molecule has 0 aliphatic heterocycles. The van der Waals surface area contributed by atoms with Crippen molar-refractivity contribution in [3.05, 3.63) is 53.0 Å². The molecule has 0 fully saturated rings. The van der Waals surface area contributed by atoms with E-state index in [9.17, 15) is 13.2 Å². The van der Waals surface area contributed by atoms with Gasteiger partial charge in [-0.1, -0.05) is 30.8 Å². The van der Waals surface area contributed by atoms with Crippen molar-refractivity contribution in [3.8, 4) is 11.5 Å². The van der Waals surface area contributed by atoms with Crippen LogP contribution in [0.5, 0.6) is 11.5 Å². The van der Waals surface area contributed by atoms with Crippen molar-refractivity contribution < 1.29 is 22.6 Å². The maximum Gasteiger partial charge on any atom is 0.416 e. The van der Waals surface area contributed by atoms with Crippen LogP contribution in [-0.2, 0) is 12.7 Å². The molecule has 0 aliphatic rings. The number of nitrogens with zero attached hydrogens (tertiary/aromatic N) is 2. The number of aromatic nitrogens is 2. The summed E-state index contributed by atoms with van der Waals surface area (Å²) in [6, 6.07) is 8.52.